The third kappa shape index (κ3) is 4.07. The van der Waals surface area contributed by atoms with E-state index in [1.54, 1.807) is 31.4 Å². The summed E-state index contributed by atoms with van der Waals surface area (Å²) in [6.07, 6.45) is 4.11. The maximum Gasteiger partial charge on any atom is 0.266 e. The zero-order valence-electron chi connectivity index (χ0n) is 15.7. The minimum Gasteiger partial charge on any atom is -0.497 e. The molecule has 3 rings (SSSR count). The number of carbonyl (C=O) groups excluding carboxylic acids is 2. The Morgan fingerprint density at radius 3 is 2.68 bits per heavy atom. The third-order valence-electron chi connectivity index (χ3n) is 4.78. The number of nitriles is 1. The van der Waals surface area contributed by atoms with Crippen LogP contribution in [-0.2, 0) is 17.6 Å². The third-order valence-corrected chi connectivity index (χ3v) is 5.95. The Labute approximate surface area is 167 Å². The minimum absolute atomic E-state index is 0.0553. The monoisotopic (exact) mass is 395 g/mol. The van der Waals surface area contributed by atoms with Crippen LogP contribution in [0, 0.1) is 17.2 Å². The number of nitrogens with zero attached hydrogens (tertiary/aromatic N) is 1. The van der Waals surface area contributed by atoms with Crippen LogP contribution in [0.3, 0.4) is 0 Å². The lowest BCUT2D eigenvalue weighted by molar-refractivity contribution is -0.112. The van der Waals surface area contributed by atoms with Crippen molar-refractivity contribution in [1.82, 2.24) is 0 Å². The summed E-state index contributed by atoms with van der Waals surface area (Å²) >= 11 is 1.38. The van der Waals surface area contributed by atoms with Crippen LogP contribution >= 0.6 is 11.3 Å². The molecule has 0 saturated carbocycles. The summed E-state index contributed by atoms with van der Waals surface area (Å²) in [7, 11) is 1.57. The van der Waals surface area contributed by atoms with Gasteiger partial charge in [0.2, 0.25) is 0 Å². The van der Waals surface area contributed by atoms with Crippen molar-refractivity contribution in [2.24, 2.45) is 11.7 Å². The molecule has 0 fully saturated rings. The van der Waals surface area contributed by atoms with Gasteiger partial charge in [0, 0.05) is 4.88 Å². The molecular weight excluding hydrogens is 374 g/mol. The van der Waals surface area contributed by atoms with Gasteiger partial charge in [0.15, 0.2) is 0 Å². The number of primary amides is 1. The van der Waals surface area contributed by atoms with Gasteiger partial charge in [-0.25, -0.2) is 0 Å². The first-order chi connectivity index (χ1) is 13.4. The average molecular weight is 395 g/mol. The van der Waals surface area contributed by atoms with Crippen LogP contribution in [0.25, 0.3) is 6.08 Å². The zero-order chi connectivity index (χ0) is 20.3. The summed E-state index contributed by atoms with van der Waals surface area (Å²) in [5.74, 6) is 0.0946. The van der Waals surface area contributed by atoms with Crippen LogP contribution in [0.4, 0.5) is 5.00 Å². The van der Waals surface area contributed by atoms with Gasteiger partial charge in [-0.1, -0.05) is 19.1 Å². The molecule has 28 heavy (non-hydrogen) atoms. The van der Waals surface area contributed by atoms with Gasteiger partial charge in [-0.15, -0.1) is 11.3 Å². The highest BCUT2D eigenvalue weighted by atomic mass is 32.1. The van der Waals surface area contributed by atoms with Crippen molar-refractivity contribution in [3.05, 3.63) is 51.4 Å². The van der Waals surface area contributed by atoms with E-state index in [2.05, 4.69) is 12.2 Å². The van der Waals surface area contributed by atoms with E-state index in [1.165, 1.54) is 17.4 Å². The van der Waals surface area contributed by atoms with Crippen molar-refractivity contribution in [2.75, 3.05) is 12.4 Å². The van der Waals surface area contributed by atoms with E-state index in [1.807, 2.05) is 6.07 Å². The Kier molecular flexibility index (Phi) is 5.81. The largest absolute Gasteiger partial charge is 0.497 e. The number of rotatable bonds is 5. The molecule has 0 unspecified atom stereocenters. The number of amides is 2. The Morgan fingerprint density at radius 2 is 2.07 bits per heavy atom. The number of carbonyl (C=O) groups is 2. The van der Waals surface area contributed by atoms with Gasteiger partial charge in [0.25, 0.3) is 11.8 Å². The highest BCUT2D eigenvalue weighted by Gasteiger charge is 2.27. The molecule has 2 amide bonds. The molecule has 3 N–H and O–H groups in total. The molecule has 7 heteroatoms. The van der Waals surface area contributed by atoms with Crippen molar-refractivity contribution >= 4 is 34.2 Å². The second kappa shape index (κ2) is 8.28. The second-order valence-electron chi connectivity index (χ2n) is 6.82. The number of fused-ring (bicyclic) bond motifs is 1. The molecule has 1 aliphatic rings. The van der Waals surface area contributed by atoms with Gasteiger partial charge in [-0.05, 0) is 54.5 Å². The fraction of sp³-hybridized carbons (Fsp3) is 0.286. The second-order valence-corrected chi connectivity index (χ2v) is 7.92. The Balaban J connectivity index is 1.87. The molecule has 2 aromatic rings. The zero-order valence-corrected chi connectivity index (χ0v) is 16.6. The summed E-state index contributed by atoms with van der Waals surface area (Å²) in [6.45, 7) is 2.16. The Morgan fingerprint density at radius 1 is 1.36 bits per heavy atom. The number of methoxy groups -OCH3 is 1. The van der Waals surface area contributed by atoms with Crippen molar-refractivity contribution < 1.29 is 14.3 Å². The van der Waals surface area contributed by atoms with Crippen LogP contribution < -0.4 is 15.8 Å². The first-order valence-corrected chi connectivity index (χ1v) is 9.76. The fourth-order valence-electron chi connectivity index (χ4n) is 3.29. The first-order valence-electron chi connectivity index (χ1n) is 8.94. The smallest absolute Gasteiger partial charge is 0.266 e. The molecule has 0 spiro atoms. The first kappa shape index (κ1) is 19.6. The van der Waals surface area contributed by atoms with E-state index in [0.717, 1.165) is 29.7 Å². The average Bonchev–Trinajstić information content (AvgIpc) is 3.03. The molecular formula is C21H21N3O3S. The standard InChI is InChI=1S/C21H21N3O3S/c1-12-3-8-16-17(9-12)28-21(18(16)19(23)25)24-20(26)14(11-22)10-13-4-6-15(27-2)7-5-13/h4-7,10,12H,3,8-9H2,1-2H3,(H2,23,25)(H,24,26)/b14-10+/t12-/m1/s1. The van der Waals surface area contributed by atoms with Crippen LogP contribution in [0.1, 0.15) is 39.7 Å². The maximum absolute atomic E-state index is 12.7. The molecule has 1 atom stereocenters. The predicted octanol–water partition coefficient (Wildman–Crippen LogP) is 3.53. The lowest BCUT2D eigenvalue weighted by Gasteiger charge is -2.18. The molecule has 1 aliphatic carbocycles. The van der Waals surface area contributed by atoms with Gasteiger partial charge in [0.1, 0.15) is 22.4 Å². The van der Waals surface area contributed by atoms with E-state index in [4.69, 9.17) is 10.5 Å². The number of nitrogens with two attached hydrogens (primary N) is 1. The van der Waals surface area contributed by atoms with Gasteiger partial charge in [0.05, 0.1) is 12.7 Å². The van der Waals surface area contributed by atoms with Crippen LogP contribution in [0.2, 0.25) is 0 Å². The molecule has 0 radical (unpaired) electrons. The van der Waals surface area contributed by atoms with Gasteiger partial charge in [-0.3, -0.25) is 9.59 Å². The number of hydrogen-bond donors (Lipinski definition) is 2. The van der Waals surface area contributed by atoms with Gasteiger partial charge >= 0.3 is 0 Å². The number of anilines is 1. The number of thiophene rings is 1. The molecule has 1 aromatic carbocycles. The molecule has 0 bridgehead atoms. The molecule has 144 valence electrons. The summed E-state index contributed by atoms with van der Waals surface area (Å²) < 4.78 is 5.10. The number of nitrogens with one attached hydrogen (secondary N) is 1. The number of benzene rings is 1. The SMILES string of the molecule is COc1ccc(/C=C(\C#N)C(=O)Nc2sc3c(c2C(N)=O)CC[C@@H](C)C3)cc1. The van der Waals surface area contributed by atoms with Gasteiger partial charge < -0.3 is 15.8 Å². The van der Waals surface area contributed by atoms with E-state index in [9.17, 15) is 14.9 Å². The molecule has 0 saturated heterocycles. The highest BCUT2D eigenvalue weighted by Crippen LogP contribution is 2.39. The van der Waals surface area contributed by atoms with E-state index in [-0.39, 0.29) is 5.57 Å². The van der Waals surface area contributed by atoms with Crippen LogP contribution in [0.5, 0.6) is 5.75 Å². The number of hydrogen-bond acceptors (Lipinski definition) is 5. The van der Waals surface area contributed by atoms with Crippen molar-refractivity contribution in [2.45, 2.75) is 26.2 Å². The maximum atomic E-state index is 12.7. The van der Waals surface area contributed by atoms with Crippen molar-refractivity contribution in [3.63, 3.8) is 0 Å². The van der Waals surface area contributed by atoms with E-state index >= 15 is 0 Å². The fourth-order valence-corrected chi connectivity index (χ4v) is 4.70. The van der Waals surface area contributed by atoms with E-state index in [0.29, 0.717) is 27.8 Å². The Hall–Kier alpha value is -3.11. The van der Waals surface area contributed by atoms with Crippen molar-refractivity contribution in [3.8, 4) is 11.8 Å². The summed E-state index contributed by atoms with van der Waals surface area (Å²) in [5, 5.41) is 12.6. The summed E-state index contributed by atoms with van der Waals surface area (Å²) in [5.41, 5.74) is 7.53. The molecule has 6 nitrogen and oxygen atoms in total. The van der Waals surface area contributed by atoms with Crippen molar-refractivity contribution in [1.29, 1.82) is 5.26 Å². The van der Waals surface area contributed by atoms with E-state index < -0.39 is 11.8 Å². The topological polar surface area (TPSA) is 105 Å². The van der Waals surface area contributed by atoms with Crippen LogP contribution in [0.15, 0.2) is 29.8 Å². The number of ether oxygens (including phenoxy) is 1. The quantitative estimate of drug-likeness (QED) is 0.597. The molecule has 0 aliphatic heterocycles. The summed E-state index contributed by atoms with van der Waals surface area (Å²) in [4.78, 5) is 25.7. The normalized spacial score (nSPS) is 16.0. The minimum atomic E-state index is -0.563. The Bertz CT molecular complexity index is 984. The molecule has 1 aromatic heterocycles. The lowest BCUT2D eigenvalue weighted by Crippen LogP contribution is -2.19. The van der Waals surface area contributed by atoms with Crippen LogP contribution in [-0.4, -0.2) is 18.9 Å². The molecule has 1 heterocycles. The van der Waals surface area contributed by atoms with Gasteiger partial charge in [-0.2, -0.15) is 5.26 Å². The summed E-state index contributed by atoms with van der Waals surface area (Å²) in [6, 6.07) is 8.93. The highest BCUT2D eigenvalue weighted by molar-refractivity contribution is 7.17. The lowest BCUT2D eigenvalue weighted by atomic mass is 9.88. The predicted molar refractivity (Wildman–Crippen MR) is 109 cm³/mol.